The van der Waals surface area contributed by atoms with E-state index in [1.807, 2.05) is 49.4 Å². The van der Waals surface area contributed by atoms with Crippen LogP contribution >= 0.6 is 0 Å². The zero-order valence-corrected chi connectivity index (χ0v) is 14.7. The number of anilines is 2. The molecule has 2 aromatic carbocycles. The van der Waals surface area contributed by atoms with Gasteiger partial charge in [0, 0.05) is 5.39 Å². The minimum Gasteiger partial charge on any atom is -0.492 e. The average Bonchev–Trinajstić information content (AvgIpc) is 3.41. The predicted octanol–water partition coefficient (Wildman–Crippen LogP) is 3.52. The number of rotatable bonds is 6. The van der Waals surface area contributed by atoms with E-state index in [4.69, 9.17) is 4.74 Å². The van der Waals surface area contributed by atoms with Gasteiger partial charge in [0.2, 0.25) is 0 Å². The van der Waals surface area contributed by atoms with Crippen LogP contribution in [0.3, 0.4) is 0 Å². The molecule has 4 rings (SSSR count). The van der Waals surface area contributed by atoms with E-state index >= 15 is 0 Å². The molecule has 1 N–H and O–H groups in total. The van der Waals surface area contributed by atoms with Crippen LogP contribution in [-0.2, 0) is 10.0 Å². The van der Waals surface area contributed by atoms with Gasteiger partial charge in [-0.05, 0) is 44.0 Å². The van der Waals surface area contributed by atoms with Crippen molar-refractivity contribution in [1.29, 1.82) is 0 Å². The van der Waals surface area contributed by atoms with E-state index in [9.17, 15) is 8.42 Å². The van der Waals surface area contributed by atoms with Crippen LogP contribution < -0.4 is 10.1 Å². The van der Waals surface area contributed by atoms with Gasteiger partial charge in [0.05, 0.1) is 23.1 Å². The van der Waals surface area contributed by atoms with Gasteiger partial charge in [0.1, 0.15) is 5.75 Å². The topological polar surface area (TPSA) is 73.2 Å². The van der Waals surface area contributed by atoms with E-state index < -0.39 is 10.0 Å². The summed E-state index contributed by atoms with van der Waals surface area (Å²) in [6, 6.07) is 14.9. The molecule has 0 radical (unpaired) electrons. The summed E-state index contributed by atoms with van der Waals surface area (Å²) < 4.78 is 32.2. The van der Waals surface area contributed by atoms with Crippen LogP contribution in [0.4, 0.5) is 11.5 Å². The molecule has 6 nitrogen and oxygen atoms in total. The van der Waals surface area contributed by atoms with Crippen molar-refractivity contribution >= 4 is 32.4 Å². The smallest absolute Gasteiger partial charge is 0.257 e. The van der Waals surface area contributed by atoms with Gasteiger partial charge in [-0.25, -0.2) is 8.42 Å². The average molecular weight is 357 g/mol. The Balaban J connectivity index is 1.81. The Morgan fingerprint density at radius 1 is 1.16 bits per heavy atom. The van der Waals surface area contributed by atoms with Crippen molar-refractivity contribution in [3.05, 3.63) is 48.5 Å². The fourth-order valence-electron chi connectivity index (χ4n) is 2.81. The maximum Gasteiger partial charge on any atom is 0.257 e. The molecule has 0 amide bonds. The van der Waals surface area contributed by atoms with E-state index in [2.05, 4.69) is 10.4 Å². The third kappa shape index (κ3) is 2.84. The zero-order chi connectivity index (χ0) is 17.4. The van der Waals surface area contributed by atoms with Crippen molar-refractivity contribution in [3.63, 3.8) is 0 Å². The van der Waals surface area contributed by atoms with E-state index in [1.54, 1.807) is 6.07 Å². The van der Waals surface area contributed by atoms with Gasteiger partial charge in [0.15, 0.2) is 5.82 Å². The first kappa shape index (κ1) is 16.0. The zero-order valence-electron chi connectivity index (χ0n) is 13.8. The third-order valence-electron chi connectivity index (χ3n) is 4.18. The standard InChI is InChI=1S/C18H19N3O3S/c1-2-24-17-10-6-4-8-15(17)19-18-14-7-3-5-9-16(14)21(20-18)25(22,23)13-11-12-13/h3-10,13H,2,11-12H2,1H3,(H,19,20). The Morgan fingerprint density at radius 2 is 1.88 bits per heavy atom. The van der Waals surface area contributed by atoms with Crippen molar-refractivity contribution in [3.8, 4) is 5.75 Å². The molecule has 7 heteroatoms. The lowest BCUT2D eigenvalue weighted by Gasteiger charge is -2.10. The molecule has 1 aromatic heterocycles. The number of para-hydroxylation sites is 3. The highest BCUT2D eigenvalue weighted by Crippen LogP contribution is 2.35. The minimum absolute atomic E-state index is 0.320. The molecule has 3 aromatic rings. The second-order valence-electron chi connectivity index (χ2n) is 6.01. The Hall–Kier alpha value is -2.54. The SMILES string of the molecule is CCOc1ccccc1Nc1nn(S(=O)(=O)C2CC2)c2ccccc12. The highest BCUT2D eigenvalue weighted by Gasteiger charge is 2.38. The summed E-state index contributed by atoms with van der Waals surface area (Å²) in [4.78, 5) is 0. The first-order valence-electron chi connectivity index (χ1n) is 8.32. The number of ether oxygens (including phenoxy) is 1. The van der Waals surface area contributed by atoms with Crippen LogP contribution in [0.5, 0.6) is 5.75 Å². The van der Waals surface area contributed by atoms with E-state index in [1.165, 1.54) is 4.09 Å². The van der Waals surface area contributed by atoms with Crippen molar-refractivity contribution in [2.75, 3.05) is 11.9 Å². The van der Waals surface area contributed by atoms with E-state index in [-0.39, 0.29) is 5.25 Å². The maximum absolute atomic E-state index is 12.7. The molecule has 130 valence electrons. The molecule has 0 saturated heterocycles. The maximum atomic E-state index is 12.7. The Kier molecular flexibility index (Phi) is 3.88. The van der Waals surface area contributed by atoms with Gasteiger partial charge in [0.25, 0.3) is 10.0 Å². The molecule has 25 heavy (non-hydrogen) atoms. The highest BCUT2D eigenvalue weighted by atomic mass is 32.2. The van der Waals surface area contributed by atoms with Crippen LogP contribution in [-0.4, -0.2) is 29.5 Å². The summed E-state index contributed by atoms with van der Waals surface area (Å²) in [6.07, 6.45) is 1.40. The lowest BCUT2D eigenvalue weighted by molar-refractivity contribution is 0.342. The van der Waals surface area contributed by atoms with E-state index in [0.717, 1.165) is 11.1 Å². The minimum atomic E-state index is -3.45. The molecule has 0 bridgehead atoms. The van der Waals surface area contributed by atoms with Gasteiger partial charge >= 0.3 is 0 Å². The van der Waals surface area contributed by atoms with E-state index in [0.29, 0.717) is 36.5 Å². The largest absolute Gasteiger partial charge is 0.492 e. The first-order chi connectivity index (χ1) is 12.1. The fourth-order valence-corrected chi connectivity index (χ4v) is 4.45. The Morgan fingerprint density at radius 3 is 2.64 bits per heavy atom. The fraction of sp³-hybridized carbons (Fsp3) is 0.278. The highest BCUT2D eigenvalue weighted by molar-refractivity contribution is 7.90. The summed E-state index contributed by atoms with van der Waals surface area (Å²) in [5, 5.41) is 8.05. The van der Waals surface area contributed by atoms with Crippen molar-refractivity contribution < 1.29 is 13.2 Å². The molecule has 1 saturated carbocycles. The molecule has 0 atom stereocenters. The van der Waals surface area contributed by atoms with Gasteiger partial charge in [-0.2, -0.15) is 4.09 Å². The van der Waals surface area contributed by atoms with Crippen LogP contribution in [0.25, 0.3) is 10.9 Å². The molecule has 1 aliphatic carbocycles. The Labute approximate surface area is 146 Å². The second-order valence-corrected chi connectivity index (χ2v) is 8.05. The second kappa shape index (κ2) is 6.07. The van der Waals surface area contributed by atoms with Gasteiger partial charge in [-0.15, -0.1) is 5.10 Å². The quantitative estimate of drug-likeness (QED) is 0.731. The van der Waals surface area contributed by atoms with Crippen LogP contribution in [0.15, 0.2) is 48.5 Å². The number of hydrogen-bond donors (Lipinski definition) is 1. The lowest BCUT2D eigenvalue weighted by atomic mass is 10.2. The van der Waals surface area contributed by atoms with Gasteiger partial charge in [-0.3, -0.25) is 0 Å². The van der Waals surface area contributed by atoms with Crippen molar-refractivity contribution in [2.24, 2.45) is 0 Å². The third-order valence-corrected chi connectivity index (χ3v) is 6.26. The molecular formula is C18H19N3O3S. The molecule has 1 heterocycles. The monoisotopic (exact) mass is 357 g/mol. The van der Waals surface area contributed by atoms with Gasteiger partial charge in [-0.1, -0.05) is 24.3 Å². The number of aromatic nitrogens is 2. The summed E-state index contributed by atoms with van der Waals surface area (Å²) in [5.41, 5.74) is 1.34. The summed E-state index contributed by atoms with van der Waals surface area (Å²) >= 11 is 0. The number of nitrogens with zero attached hydrogens (tertiary/aromatic N) is 2. The number of fused-ring (bicyclic) bond motifs is 1. The summed E-state index contributed by atoms with van der Waals surface area (Å²) in [7, 11) is -3.45. The van der Waals surface area contributed by atoms with Crippen molar-refractivity contribution in [1.82, 2.24) is 9.19 Å². The molecule has 0 spiro atoms. The first-order valence-corrected chi connectivity index (χ1v) is 9.82. The normalized spacial score (nSPS) is 14.6. The van der Waals surface area contributed by atoms with Crippen LogP contribution in [0, 0.1) is 0 Å². The number of hydrogen-bond acceptors (Lipinski definition) is 5. The van der Waals surface area contributed by atoms with Crippen molar-refractivity contribution in [2.45, 2.75) is 25.0 Å². The number of benzene rings is 2. The summed E-state index contributed by atoms with van der Waals surface area (Å²) in [6.45, 7) is 2.47. The molecule has 0 unspecified atom stereocenters. The lowest BCUT2D eigenvalue weighted by Crippen LogP contribution is -2.18. The predicted molar refractivity (Wildman–Crippen MR) is 98.0 cm³/mol. The van der Waals surface area contributed by atoms with Crippen LogP contribution in [0.2, 0.25) is 0 Å². The molecule has 1 fully saturated rings. The summed E-state index contributed by atoms with van der Waals surface area (Å²) in [5.74, 6) is 1.21. The Bertz CT molecular complexity index is 1020. The van der Waals surface area contributed by atoms with Gasteiger partial charge < -0.3 is 10.1 Å². The van der Waals surface area contributed by atoms with Crippen LogP contribution in [0.1, 0.15) is 19.8 Å². The molecule has 0 aliphatic heterocycles. The molecular weight excluding hydrogens is 338 g/mol. The number of nitrogens with one attached hydrogen (secondary N) is 1. The molecule has 1 aliphatic rings.